The van der Waals surface area contributed by atoms with Gasteiger partial charge in [-0.3, -0.25) is 4.90 Å². The van der Waals surface area contributed by atoms with Crippen LogP contribution in [0.2, 0.25) is 0 Å². The Morgan fingerprint density at radius 3 is 2.96 bits per heavy atom. The van der Waals surface area contributed by atoms with Crippen molar-refractivity contribution in [1.82, 2.24) is 25.1 Å². The van der Waals surface area contributed by atoms with E-state index in [0.29, 0.717) is 0 Å². The van der Waals surface area contributed by atoms with E-state index < -0.39 is 0 Å². The van der Waals surface area contributed by atoms with E-state index in [1.807, 2.05) is 4.68 Å². The lowest BCUT2D eigenvalue weighted by molar-refractivity contribution is -0.0343. The zero-order valence-corrected chi connectivity index (χ0v) is 14.2. The molecule has 0 spiro atoms. The van der Waals surface area contributed by atoms with Crippen molar-refractivity contribution in [1.29, 1.82) is 0 Å². The van der Waals surface area contributed by atoms with Crippen molar-refractivity contribution in [2.24, 2.45) is 0 Å². The summed E-state index contributed by atoms with van der Waals surface area (Å²) in [6, 6.07) is 6.58. The first-order chi connectivity index (χ1) is 11.2. The summed E-state index contributed by atoms with van der Waals surface area (Å²) in [7, 11) is 0. The van der Waals surface area contributed by atoms with Gasteiger partial charge in [0.2, 0.25) is 0 Å². The number of benzene rings is 1. The second-order valence-electron chi connectivity index (χ2n) is 6.27. The number of nitrogens with zero attached hydrogens (tertiary/aromatic N) is 5. The molecule has 0 radical (unpaired) electrons. The van der Waals surface area contributed by atoms with Crippen molar-refractivity contribution in [3.8, 4) is 0 Å². The highest BCUT2D eigenvalue weighted by Gasteiger charge is 2.24. The number of rotatable bonds is 5. The topological polar surface area (TPSA) is 56.1 Å². The third-order valence-electron chi connectivity index (χ3n) is 4.33. The molecule has 2 heterocycles. The van der Waals surface area contributed by atoms with E-state index in [0.717, 1.165) is 45.0 Å². The molecule has 1 fully saturated rings. The molecular weight excluding hydrogens is 290 g/mol. The fraction of sp³-hybridized carbons (Fsp3) is 0.588. The lowest BCUT2D eigenvalue weighted by atomic mass is 10.00. The van der Waals surface area contributed by atoms with Crippen LogP contribution in [0.3, 0.4) is 0 Å². The zero-order chi connectivity index (χ0) is 16.2. The van der Waals surface area contributed by atoms with Gasteiger partial charge in [-0.1, -0.05) is 30.7 Å². The molecule has 3 rings (SSSR count). The average molecular weight is 315 g/mol. The minimum absolute atomic E-state index is 0.125. The summed E-state index contributed by atoms with van der Waals surface area (Å²) >= 11 is 0. The van der Waals surface area contributed by atoms with Crippen LogP contribution in [0.4, 0.5) is 0 Å². The minimum Gasteiger partial charge on any atom is -0.371 e. The summed E-state index contributed by atoms with van der Waals surface area (Å²) in [5, 5.41) is 12.1. The Morgan fingerprint density at radius 1 is 1.30 bits per heavy atom. The lowest BCUT2D eigenvalue weighted by Gasteiger charge is -2.33. The van der Waals surface area contributed by atoms with Gasteiger partial charge in [0.25, 0.3) is 0 Å². The Hall–Kier alpha value is -1.79. The van der Waals surface area contributed by atoms with Crippen LogP contribution in [0.5, 0.6) is 0 Å². The van der Waals surface area contributed by atoms with Crippen LogP contribution in [0.25, 0.3) is 0 Å². The van der Waals surface area contributed by atoms with Crippen molar-refractivity contribution in [2.45, 2.75) is 46.4 Å². The summed E-state index contributed by atoms with van der Waals surface area (Å²) in [4.78, 5) is 2.38. The number of aromatic nitrogens is 4. The Morgan fingerprint density at radius 2 is 2.17 bits per heavy atom. The number of aryl methyl sites for hydroxylation is 3. The van der Waals surface area contributed by atoms with Crippen molar-refractivity contribution >= 4 is 0 Å². The molecule has 0 N–H and O–H groups in total. The van der Waals surface area contributed by atoms with E-state index in [2.05, 4.69) is 59.4 Å². The normalized spacial score (nSPS) is 19.2. The molecule has 6 heteroatoms. The molecule has 1 atom stereocenters. The van der Waals surface area contributed by atoms with Gasteiger partial charge in [-0.05, 0) is 41.8 Å². The molecule has 1 saturated heterocycles. The number of ether oxygens (including phenoxy) is 1. The van der Waals surface area contributed by atoms with Gasteiger partial charge >= 0.3 is 0 Å². The van der Waals surface area contributed by atoms with E-state index in [9.17, 15) is 0 Å². The minimum atomic E-state index is 0.125. The van der Waals surface area contributed by atoms with Crippen LogP contribution in [-0.4, -0.2) is 44.8 Å². The number of morpholine rings is 1. The van der Waals surface area contributed by atoms with Crippen molar-refractivity contribution in [3.63, 3.8) is 0 Å². The van der Waals surface area contributed by atoms with Crippen LogP contribution in [0.1, 0.15) is 42.0 Å². The Labute approximate surface area is 137 Å². The summed E-state index contributed by atoms with van der Waals surface area (Å²) in [6.07, 6.45) is 1.16. The highest BCUT2D eigenvalue weighted by atomic mass is 16.5. The van der Waals surface area contributed by atoms with E-state index in [1.165, 1.54) is 16.7 Å². The second kappa shape index (κ2) is 7.19. The van der Waals surface area contributed by atoms with Gasteiger partial charge in [0, 0.05) is 19.6 Å². The van der Waals surface area contributed by atoms with Crippen LogP contribution < -0.4 is 0 Å². The first-order valence-corrected chi connectivity index (χ1v) is 8.33. The smallest absolute Gasteiger partial charge is 0.165 e. The van der Waals surface area contributed by atoms with E-state index in [4.69, 9.17) is 4.74 Å². The number of hydrogen-bond donors (Lipinski definition) is 0. The van der Waals surface area contributed by atoms with Crippen LogP contribution in [0.15, 0.2) is 18.2 Å². The van der Waals surface area contributed by atoms with Crippen LogP contribution in [0, 0.1) is 13.8 Å². The van der Waals surface area contributed by atoms with Crippen LogP contribution in [-0.2, 0) is 17.8 Å². The van der Waals surface area contributed by atoms with Crippen molar-refractivity contribution < 1.29 is 4.74 Å². The maximum atomic E-state index is 6.01. The standard InChI is InChI=1S/C17H25N5O/c1-4-7-22-17(18-19-20-22)12-21-8-9-23-16(11-21)15-6-5-13(2)10-14(15)3/h5-6,10,16H,4,7-9,11-12H2,1-3H3/t16-/m0/s1. The van der Waals surface area contributed by atoms with Crippen molar-refractivity contribution in [3.05, 3.63) is 40.7 Å². The van der Waals surface area contributed by atoms with E-state index in [-0.39, 0.29) is 6.10 Å². The highest BCUT2D eigenvalue weighted by molar-refractivity contribution is 5.32. The SMILES string of the molecule is CCCn1nnnc1CN1CCO[C@H](c2ccc(C)cc2C)C1. The largest absolute Gasteiger partial charge is 0.371 e. The molecule has 6 nitrogen and oxygen atoms in total. The zero-order valence-electron chi connectivity index (χ0n) is 14.2. The summed E-state index contributed by atoms with van der Waals surface area (Å²) in [5.74, 6) is 0.938. The number of tetrazole rings is 1. The average Bonchev–Trinajstić information content (AvgIpc) is 2.95. The molecule has 1 aliphatic rings. The maximum absolute atomic E-state index is 6.01. The van der Waals surface area contributed by atoms with Gasteiger partial charge in [-0.15, -0.1) is 5.10 Å². The molecule has 0 aliphatic carbocycles. The predicted molar refractivity (Wildman–Crippen MR) is 88.0 cm³/mol. The van der Waals surface area contributed by atoms with Gasteiger partial charge in [0.1, 0.15) is 0 Å². The van der Waals surface area contributed by atoms with Gasteiger partial charge in [0.15, 0.2) is 5.82 Å². The maximum Gasteiger partial charge on any atom is 0.165 e. The van der Waals surface area contributed by atoms with E-state index in [1.54, 1.807) is 0 Å². The van der Waals surface area contributed by atoms with Gasteiger partial charge in [-0.25, -0.2) is 4.68 Å². The summed E-state index contributed by atoms with van der Waals surface area (Å²) in [5.41, 5.74) is 3.87. The van der Waals surface area contributed by atoms with Crippen LogP contribution >= 0.6 is 0 Å². The molecule has 124 valence electrons. The monoisotopic (exact) mass is 315 g/mol. The summed E-state index contributed by atoms with van der Waals surface area (Å²) < 4.78 is 7.92. The molecule has 0 amide bonds. The molecule has 0 saturated carbocycles. The first-order valence-electron chi connectivity index (χ1n) is 8.33. The third kappa shape index (κ3) is 3.76. The molecule has 1 aromatic heterocycles. The Kier molecular flexibility index (Phi) is 5.03. The quantitative estimate of drug-likeness (QED) is 0.847. The van der Waals surface area contributed by atoms with Gasteiger partial charge in [-0.2, -0.15) is 0 Å². The lowest BCUT2D eigenvalue weighted by Crippen LogP contribution is -2.38. The Balaban J connectivity index is 1.69. The molecule has 23 heavy (non-hydrogen) atoms. The second-order valence-corrected chi connectivity index (χ2v) is 6.27. The van der Waals surface area contributed by atoms with E-state index >= 15 is 0 Å². The molecule has 0 bridgehead atoms. The highest BCUT2D eigenvalue weighted by Crippen LogP contribution is 2.26. The summed E-state index contributed by atoms with van der Waals surface area (Å²) in [6.45, 7) is 10.6. The molecule has 0 unspecified atom stereocenters. The van der Waals surface area contributed by atoms with Gasteiger partial charge in [0.05, 0.1) is 19.3 Å². The third-order valence-corrected chi connectivity index (χ3v) is 4.33. The fourth-order valence-electron chi connectivity index (χ4n) is 3.14. The molecular formula is C17H25N5O. The van der Waals surface area contributed by atoms with Gasteiger partial charge < -0.3 is 4.74 Å². The predicted octanol–water partition coefficient (Wildman–Crippen LogP) is 2.27. The Bertz CT molecular complexity index is 654. The van der Waals surface area contributed by atoms with Crippen molar-refractivity contribution in [2.75, 3.05) is 19.7 Å². The molecule has 2 aromatic rings. The molecule has 1 aliphatic heterocycles. The fourth-order valence-corrected chi connectivity index (χ4v) is 3.14. The first kappa shape index (κ1) is 16.1. The number of hydrogen-bond acceptors (Lipinski definition) is 5. The molecule has 1 aromatic carbocycles.